The van der Waals surface area contributed by atoms with Crippen molar-refractivity contribution in [3.63, 3.8) is 0 Å². The molecule has 1 aromatic rings. The Bertz CT molecular complexity index is 551. The molecule has 0 radical (unpaired) electrons. The number of fused-ring (bicyclic) bond motifs is 1. The highest BCUT2D eigenvalue weighted by atomic mass is 32.1. The van der Waals surface area contributed by atoms with Crippen LogP contribution in [0.1, 0.15) is 67.8 Å². The maximum Gasteiger partial charge on any atom is 0.342 e. The predicted octanol–water partition coefficient (Wildman–Crippen LogP) is 3.52. The number of ether oxygens (including phenoxy) is 1. The van der Waals surface area contributed by atoms with Gasteiger partial charge in [-0.05, 0) is 57.1 Å². The van der Waals surface area contributed by atoms with Crippen LogP contribution >= 0.6 is 27.0 Å². The second kappa shape index (κ2) is 11.5. The predicted molar refractivity (Wildman–Crippen MR) is 107 cm³/mol. The molecule has 0 saturated carbocycles. The Labute approximate surface area is 163 Å². The Morgan fingerprint density at radius 1 is 1.00 bits per heavy atom. The number of phenols is 2. The minimum atomic E-state index is -0.553. The van der Waals surface area contributed by atoms with Crippen molar-refractivity contribution in [1.29, 1.82) is 0 Å². The van der Waals surface area contributed by atoms with E-state index in [4.69, 9.17) is 4.74 Å². The van der Waals surface area contributed by atoms with Crippen LogP contribution in [0, 0.1) is 0 Å². The summed E-state index contributed by atoms with van der Waals surface area (Å²) >= 11 is 0. The Balaban J connectivity index is 0.00000288. The zero-order valence-corrected chi connectivity index (χ0v) is 16.6. The van der Waals surface area contributed by atoms with Crippen molar-refractivity contribution in [2.45, 2.75) is 70.5 Å². The first-order valence-corrected chi connectivity index (χ1v) is 8.41. The Morgan fingerprint density at radius 2 is 1.68 bits per heavy atom. The second-order valence-electron chi connectivity index (χ2n) is 6.40. The third-order valence-corrected chi connectivity index (χ3v) is 4.33. The number of carbonyl (C=O) groups excluding carboxylic acids is 1. The number of hydrogen-bond donors (Lipinski definition) is 3. The van der Waals surface area contributed by atoms with E-state index >= 15 is 0 Å². The summed E-state index contributed by atoms with van der Waals surface area (Å²) in [5.41, 5.74) is 0.768. The summed E-state index contributed by atoms with van der Waals surface area (Å²) in [6, 6.07) is 2.69. The molecule has 5 nitrogen and oxygen atoms in total. The van der Waals surface area contributed by atoms with Gasteiger partial charge in [-0.3, -0.25) is 0 Å². The zero-order chi connectivity index (χ0) is 16.8. The molecule has 0 spiro atoms. The van der Waals surface area contributed by atoms with Crippen molar-refractivity contribution < 1.29 is 24.9 Å². The summed E-state index contributed by atoms with van der Waals surface area (Å²) in [5, 5.41) is 29.6. The lowest BCUT2D eigenvalue weighted by Crippen LogP contribution is -2.18. The molecular formula is C18H30O5S2. The number of rotatable bonds is 0. The molecule has 0 aromatic heterocycles. The highest BCUT2D eigenvalue weighted by Gasteiger charge is 2.21. The topological polar surface area (TPSA) is 87.0 Å². The summed E-state index contributed by atoms with van der Waals surface area (Å²) in [5.74, 6) is -0.846. The minimum absolute atomic E-state index is 0. The highest BCUT2D eigenvalue weighted by Crippen LogP contribution is 2.30. The van der Waals surface area contributed by atoms with Crippen LogP contribution in [0.5, 0.6) is 11.5 Å². The molecule has 2 atom stereocenters. The number of aryl methyl sites for hydroxylation is 1. The summed E-state index contributed by atoms with van der Waals surface area (Å²) in [4.78, 5) is 12.4. The van der Waals surface area contributed by atoms with E-state index in [1.807, 2.05) is 6.92 Å². The lowest BCUT2D eigenvalue weighted by molar-refractivity contribution is 0.0305. The van der Waals surface area contributed by atoms with Crippen LogP contribution in [0.2, 0.25) is 0 Å². The van der Waals surface area contributed by atoms with Crippen molar-refractivity contribution >= 4 is 33.0 Å². The number of esters is 1. The molecule has 1 heterocycles. The Kier molecular flexibility index (Phi) is 11.1. The molecule has 0 saturated heterocycles. The quantitative estimate of drug-likeness (QED) is 0.590. The molecule has 7 heteroatoms. The molecule has 3 N–H and O–H groups in total. The number of aliphatic hydroxyl groups is 1. The molecule has 0 fully saturated rings. The minimum Gasteiger partial charge on any atom is -0.508 e. The fraction of sp³-hybridized carbons (Fsp3) is 0.611. The molecule has 0 aliphatic carbocycles. The van der Waals surface area contributed by atoms with Gasteiger partial charge in [0.1, 0.15) is 17.1 Å². The second-order valence-corrected chi connectivity index (χ2v) is 6.40. The van der Waals surface area contributed by atoms with Gasteiger partial charge in [0, 0.05) is 6.07 Å². The Hall–Kier alpha value is -1.05. The zero-order valence-electron chi connectivity index (χ0n) is 14.6. The van der Waals surface area contributed by atoms with Gasteiger partial charge in [-0.15, -0.1) is 0 Å². The number of aliphatic hydroxyl groups excluding tert-OH is 1. The standard InChI is InChI=1S/C18H26O5.2H2S/c1-12-6-5-9-14(19)8-4-2-3-7-13-10-15(20)11-16(21)17(13)18(22)23-12;;/h10-12,14,19-21H,2-9H2,1H3;2*1H2/t12-,14-;;/m0../s1. The van der Waals surface area contributed by atoms with E-state index < -0.39 is 5.97 Å². The van der Waals surface area contributed by atoms with Gasteiger partial charge in [0.15, 0.2) is 0 Å². The smallest absolute Gasteiger partial charge is 0.342 e. The first-order chi connectivity index (χ1) is 11.0. The van der Waals surface area contributed by atoms with Gasteiger partial charge in [0.25, 0.3) is 0 Å². The average molecular weight is 391 g/mol. The number of cyclic esters (lactones) is 1. The molecule has 0 bridgehead atoms. The third kappa shape index (κ3) is 7.38. The molecule has 1 aromatic carbocycles. The maximum atomic E-state index is 12.4. The lowest BCUT2D eigenvalue weighted by Gasteiger charge is -2.18. The van der Waals surface area contributed by atoms with Crippen LogP contribution in [0.3, 0.4) is 0 Å². The van der Waals surface area contributed by atoms with Crippen molar-refractivity contribution in [1.82, 2.24) is 0 Å². The van der Waals surface area contributed by atoms with E-state index in [1.54, 1.807) is 0 Å². The molecule has 0 unspecified atom stereocenters. The number of phenolic OH excluding ortho intramolecular Hbond substituents is 2. The van der Waals surface area contributed by atoms with Crippen molar-refractivity contribution in [3.05, 3.63) is 23.3 Å². The van der Waals surface area contributed by atoms with E-state index in [-0.39, 0.29) is 56.3 Å². The first kappa shape index (κ1) is 23.9. The normalized spacial score (nSPS) is 22.4. The van der Waals surface area contributed by atoms with Crippen molar-refractivity contribution in [3.8, 4) is 11.5 Å². The van der Waals surface area contributed by atoms with Gasteiger partial charge < -0.3 is 20.1 Å². The number of carbonyl (C=O) groups is 1. The summed E-state index contributed by atoms with van der Waals surface area (Å²) < 4.78 is 5.42. The van der Waals surface area contributed by atoms with Crippen LogP contribution < -0.4 is 0 Å². The SMILES string of the molecule is C[C@H]1CCC[C@@H](O)CCCCCc2cc(O)cc(O)c2C(=O)O1.S.S. The van der Waals surface area contributed by atoms with Gasteiger partial charge in [-0.1, -0.05) is 12.8 Å². The van der Waals surface area contributed by atoms with Gasteiger partial charge in [-0.25, -0.2) is 4.79 Å². The van der Waals surface area contributed by atoms with E-state index in [2.05, 4.69) is 0 Å². The summed E-state index contributed by atoms with van der Waals surface area (Å²) in [6.45, 7) is 1.81. The molecule has 2 rings (SSSR count). The molecule has 1 aliphatic heterocycles. The Morgan fingerprint density at radius 3 is 2.40 bits per heavy atom. The molecule has 25 heavy (non-hydrogen) atoms. The largest absolute Gasteiger partial charge is 0.508 e. The fourth-order valence-corrected chi connectivity index (χ4v) is 3.06. The number of benzene rings is 1. The summed E-state index contributed by atoms with van der Waals surface area (Å²) in [7, 11) is 0. The third-order valence-electron chi connectivity index (χ3n) is 4.33. The van der Waals surface area contributed by atoms with E-state index in [0.717, 1.165) is 38.5 Å². The average Bonchev–Trinajstić information content (AvgIpc) is 2.45. The number of aromatic hydroxyl groups is 2. The van der Waals surface area contributed by atoms with Gasteiger partial charge >= 0.3 is 5.97 Å². The van der Waals surface area contributed by atoms with Crippen LogP contribution in [-0.2, 0) is 11.2 Å². The van der Waals surface area contributed by atoms with Crippen molar-refractivity contribution in [2.75, 3.05) is 0 Å². The van der Waals surface area contributed by atoms with Crippen LogP contribution in [0.25, 0.3) is 0 Å². The van der Waals surface area contributed by atoms with Gasteiger partial charge in [0.2, 0.25) is 0 Å². The molecule has 144 valence electrons. The van der Waals surface area contributed by atoms with E-state index in [9.17, 15) is 20.1 Å². The van der Waals surface area contributed by atoms with Gasteiger partial charge in [0.05, 0.1) is 12.2 Å². The van der Waals surface area contributed by atoms with E-state index in [1.165, 1.54) is 12.1 Å². The molecule has 1 aliphatic rings. The van der Waals surface area contributed by atoms with Crippen molar-refractivity contribution in [2.24, 2.45) is 0 Å². The lowest BCUT2D eigenvalue weighted by atomic mass is 9.97. The first-order valence-electron chi connectivity index (χ1n) is 8.41. The van der Waals surface area contributed by atoms with Gasteiger partial charge in [-0.2, -0.15) is 27.0 Å². The molecule has 0 amide bonds. The van der Waals surface area contributed by atoms with Crippen LogP contribution in [0.15, 0.2) is 12.1 Å². The maximum absolute atomic E-state index is 12.4. The van der Waals surface area contributed by atoms with Crippen LogP contribution in [-0.4, -0.2) is 33.5 Å². The van der Waals surface area contributed by atoms with E-state index in [0.29, 0.717) is 18.4 Å². The molecular weight excluding hydrogens is 360 g/mol. The monoisotopic (exact) mass is 390 g/mol. The fourth-order valence-electron chi connectivity index (χ4n) is 3.06. The summed E-state index contributed by atoms with van der Waals surface area (Å²) in [6.07, 6.45) is 5.67. The van der Waals surface area contributed by atoms with Crippen LogP contribution in [0.4, 0.5) is 0 Å². The number of hydrogen-bond acceptors (Lipinski definition) is 5. The highest BCUT2D eigenvalue weighted by molar-refractivity contribution is 7.59.